The van der Waals surface area contributed by atoms with Gasteiger partial charge in [-0.2, -0.15) is 0 Å². The number of H-pyrrole nitrogens is 1. The Morgan fingerprint density at radius 3 is 2.67 bits per heavy atom. The fraction of sp³-hybridized carbons (Fsp3) is 0.167. The summed E-state index contributed by atoms with van der Waals surface area (Å²) in [6, 6.07) is 5.27. The lowest BCUT2D eigenvalue weighted by atomic mass is 10.2. The van der Waals surface area contributed by atoms with Crippen LogP contribution in [0.5, 0.6) is 0 Å². The van der Waals surface area contributed by atoms with Crippen molar-refractivity contribution in [1.82, 2.24) is 4.98 Å². The number of carbonyl (C=O) groups is 1. The molecule has 0 unspecified atom stereocenters. The summed E-state index contributed by atoms with van der Waals surface area (Å²) < 4.78 is 0. The predicted octanol–water partition coefficient (Wildman–Crippen LogP) is 2.96. The van der Waals surface area contributed by atoms with Gasteiger partial charge in [-0.25, -0.2) is 0 Å². The number of carbonyl (C=O) groups excluding carboxylic acids is 1. The zero-order valence-corrected chi connectivity index (χ0v) is 11.4. The van der Waals surface area contributed by atoms with Crippen LogP contribution in [0.4, 0.5) is 5.69 Å². The van der Waals surface area contributed by atoms with Crippen molar-refractivity contribution in [3.05, 3.63) is 49.0 Å². The number of nitrogens with one attached hydrogen (secondary N) is 2. The fourth-order valence-corrected chi connectivity index (χ4v) is 2.40. The van der Waals surface area contributed by atoms with Gasteiger partial charge in [0.15, 0.2) is 0 Å². The van der Waals surface area contributed by atoms with E-state index in [4.69, 9.17) is 11.6 Å². The number of anilines is 1. The summed E-state index contributed by atoms with van der Waals surface area (Å²) in [6.07, 6.45) is 0. The van der Waals surface area contributed by atoms with Crippen molar-refractivity contribution in [2.45, 2.75) is 13.8 Å². The number of benzene rings is 1. The average Bonchev–Trinajstić information content (AvgIpc) is 2.63. The third-order valence-corrected chi connectivity index (χ3v) is 3.85. The molecule has 2 rings (SSSR count). The fourth-order valence-electron chi connectivity index (χ4n) is 1.48. The summed E-state index contributed by atoms with van der Waals surface area (Å²) >= 11 is 6.87. The first-order valence-corrected chi connectivity index (χ1v) is 6.44. The monoisotopic (exact) mass is 282 g/mol. The van der Waals surface area contributed by atoms with Gasteiger partial charge in [-0.05, 0) is 31.5 Å². The first-order chi connectivity index (χ1) is 8.47. The van der Waals surface area contributed by atoms with Crippen molar-refractivity contribution in [1.29, 1.82) is 0 Å². The normalized spacial score (nSPS) is 10.4. The van der Waals surface area contributed by atoms with Gasteiger partial charge in [-0.1, -0.05) is 29.0 Å². The van der Waals surface area contributed by atoms with Crippen molar-refractivity contribution in [2.75, 3.05) is 5.32 Å². The highest BCUT2D eigenvalue weighted by atomic mass is 35.5. The van der Waals surface area contributed by atoms with E-state index < -0.39 is 0 Å². The smallest absolute Gasteiger partial charge is 0.305 e. The Kier molecular flexibility index (Phi) is 3.54. The van der Waals surface area contributed by atoms with E-state index in [0.29, 0.717) is 21.3 Å². The van der Waals surface area contributed by atoms with Gasteiger partial charge in [0.2, 0.25) is 0 Å². The lowest BCUT2D eigenvalue weighted by molar-refractivity contribution is 0.103. The van der Waals surface area contributed by atoms with Crippen LogP contribution in [-0.2, 0) is 0 Å². The number of halogens is 1. The average molecular weight is 283 g/mol. The number of aromatic amines is 1. The molecule has 18 heavy (non-hydrogen) atoms. The summed E-state index contributed by atoms with van der Waals surface area (Å²) in [7, 11) is 0. The molecular weight excluding hydrogens is 272 g/mol. The van der Waals surface area contributed by atoms with Crippen LogP contribution in [0.25, 0.3) is 0 Å². The highest BCUT2D eigenvalue weighted by molar-refractivity contribution is 7.11. The standard InChI is InChI=1S/C12H11ClN2O2S/c1-6-3-4-8(5-9(6)13)15-11(16)10-7(2)14-12(17)18-10/h3-5H,1-2H3,(H,14,17)(H,15,16). The van der Waals surface area contributed by atoms with E-state index in [9.17, 15) is 9.59 Å². The van der Waals surface area contributed by atoms with Crippen molar-refractivity contribution in [2.24, 2.45) is 0 Å². The molecule has 0 aliphatic rings. The van der Waals surface area contributed by atoms with Crippen LogP contribution in [0.1, 0.15) is 20.9 Å². The molecule has 0 bridgehead atoms. The lowest BCUT2D eigenvalue weighted by Crippen LogP contribution is -2.11. The van der Waals surface area contributed by atoms with Gasteiger partial charge in [0, 0.05) is 16.4 Å². The molecule has 1 amide bonds. The molecule has 0 fully saturated rings. The number of rotatable bonds is 2. The molecule has 0 spiro atoms. The Balaban J connectivity index is 2.24. The summed E-state index contributed by atoms with van der Waals surface area (Å²) in [5, 5.41) is 3.30. The second-order valence-electron chi connectivity index (χ2n) is 3.89. The zero-order valence-electron chi connectivity index (χ0n) is 9.83. The van der Waals surface area contributed by atoms with Crippen LogP contribution < -0.4 is 10.2 Å². The molecule has 0 saturated carbocycles. The van der Waals surface area contributed by atoms with Gasteiger partial charge < -0.3 is 10.3 Å². The second kappa shape index (κ2) is 4.96. The number of hydrogen-bond donors (Lipinski definition) is 2. The number of thiazole rings is 1. The summed E-state index contributed by atoms with van der Waals surface area (Å²) in [5.41, 5.74) is 2.12. The maximum Gasteiger partial charge on any atom is 0.305 e. The Bertz CT molecular complexity index is 660. The maximum atomic E-state index is 11.9. The van der Waals surface area contributed by atoms with Gasteiger partial charge in [0.1, 0.15) is 4.88 Å². The van der Waals surface area contributed by atoms with Crippen LogP contribution in [-0.4, -0.2) is 10.9 Å². The lowest BCUT2D eigenvalue weighted by Gasteiger charge is -2.05. The van der Waals surface area contributed by atoms with Gasteiger partial charge in [-0.15, -0.1) is 0 Å². The number of hydrogen-bond acceptors (Lipinski definition) is 3. The number of aryl methyl sites for hydroxylation is 2. The van der Waals surface area contributed by atoms with Gasteiger partial charge >= 0.3 is 4.87 Å². The van der Waals surface area contributed by atoms with Crippen molar-refractivity contribution < 1.29 is 4.79 Å². The highest BCUT2D eigenvalue weighted by Gasteiger charge is 2.13. The van der Waals surface area contributed by atoms with Gasteiger partial charge in [0.25, 0.3) is 5.91 Å². The quantitative estimate of drug-likeness (QED) is 0.889. The molecule has 0 saturated heterocycles. The minimum absolute atomic E-state index is 0.236. The molecule has 2 N–H and O–H groups in total. The van der Waals surface area contributed by atoms with Crippen LogP contribution in [0.2, 0.25) is 5.02 Å². The van der Waals surface area contributed by atoms with E-state index in [1.165, 1.54) is 0 Å². The van der Waals surface area contributed by atoms with E-state index in [2.05, 4.69) is 10.3 Å². The molecule has 4 nitrogen and oxygen atoms in total. The molecule has 0 radical (unpaired) electrons. The number of aromatic nitrogens is 1. The first-order valence-electron chi connectivity index (χ1n) is 5.24. The third-order valence-electron chi connectivity index (χ3n) is 2.46. The van der Waals surface area contributed by atoms with E-state index in [1.807, 2.05) is 13.0 Å². The van der Waals surface area contributed by atoms with E-state index >= 15 is 0 Å². The zero-order chi connectivity index (χ0) is 13.3. The molecule has 0 atom stereocenters. The molecule has 1 aromatic heterocycles. The van der Waals surface area contributed by atoms with Crippen molar-refractivity contribution >= 4 is 34.5 Å². The SMILES string of the molecule is Cc1ccc(NC(=O)c2sc(=O)[nH]c2C)cc1Cl. The van der Waals surface area contributed by atoms with Crippen molar-refractivity contribution in [3.63, 3.8) is 0 Å². The van der Waals surface area contributed by atoms with E-state index in [0.717, 1.165) is 16.9 Å². The minimum atomic E-state index is -0.309. The molecule has 1 heterocycles. The van der Waals surface area contributed by atoms with Crippen LogP contribution in [0.15, 0.2) is 23.0 Å². The van der Waals surface area contributed by atoms with E-state index in [1.54, 1.807) is 19.1 Å². The summed E-state index contributed by atoms with van der Waals surface area (Å²) in [4.78, 5) is 25.8. The highest BCUT2D eigenvalue weighted by Crippen LogP contribution is 2.21. The molecule has 0 aliphatic carbocycles. The predicted molar refractivity (Wildman–Crippen MR) is 73.8 cm³/mol. The molecule has 6 heteroatoms. The topological polar surface area (TPSA) is 62.0 Å². The van der Waals surface area contributed by atoms with Gasteiger partial charge in [-0.3, -0.25) is 9.59 Å². The maximum absolute atomic E-state index is 11.9. The molecule has 2 aromatic rings. The largest absolute Gasteiger partial charge is 0.321 e. The Morgan fingerprint density at radius 1 is 1.39 bits per heavy atom. The van der Waals surface area contributed by atoms with Crippen LogP contribution in [0.3, 0.4) is 0 Å². The van der Waals surface area contributed by atoms with Crippen molar-refractivity contribution in [3.8, 4) is 0 Å². The van der Waals surface area contributed by atoms with Crippen LogP contribution in [0, 0.1) is 13.8 Å². The van der Waals surface area contributed by atoms with E-state index in [-0.39, 0.29) is 10.8 Å². The Labute approximate surface area is 113 Å². The summed E-state index contributed by atoms with van der Waals surface area (Å²) in [5.74, 6) is -0.309. The molecule has 0 aliphatic heterocycles. The molecule has 1 aromatic carbocycles. The Morgan fingerprint density at radius 2 is 2.11 bits per heavy atom. The second-order valence-corrected chi connectivity index (χ2v) is 5.28. The molecule has 94 valence electrons. The van der Waals surface area contributed by atoms with Gasteiger partial charge in [0.05, 0.1) is 0 Å². The third kappa shape index (κ3) is 2.63. The number of amides is 1. The first kappa shape index (κ1) is 12.9. The molecular formula is C12H11ClN2O2S. The van der Waals surface area contributed by atoms with Crippen LogP contribution >= 0.6 is 22.9 Å². The minimum Gasteiger partial charge on any atom is -0.321 e. The Hall–Kier alpha value is -1.59. The summed E-state index contributed by atoms with van der Waals surface area (Å²) in [6.45, 7) is 3.57.